The highest BCUT2D eigenvalue weighted by atomic mass is 35.5. The Morgan fingerprint density at radius 2 is 1.85 bits per heavy atom. The van der Waals surface area contributed by atoms with Gasteiger partial charge < -0.3 is 10.1 Å². The summed E-state index contributed by atoms with van der Waals surface area (Å²) in [5.41, 5.74) is 1.85. The first kappa shape index (κ1) is 23.0. The van der Waals surface area contributed by atoms with Crippen LogP contribution in [-0.2, 0) is 9.59 Å². The zero-order valence-corrected chi connectivity index (χ0v) is 19.3. The molecule has 1 fully saturated rings. The fourth-order valence-corrected chi connectivity index (χ4v) is 4.43. The molecule has 1 saturated heterocycles. The maximum atomic E-state index is 13.0. The van der Waals surface area contributed by atoms with Gasteiger partial charge in [-0.05, 0) is 72.3 Å². The first-order valence-electron chi connectivity index (χ1n) is 9.71. The molecule has 2 amide bonds. The molecular weight excluding hydrogens is 483 g/mol. The van der Waals surface area contributed by atoms with Gasteiger partial charge in [-0.3, -0.25) is 14.5 Å². The highest BCUT2D eigenvalue weighted by molar-refractivity contribution is 8.27. The Morgan fingerprint density at radius 3 is 2.58 bits per heavy atom. The van der Waals surface area contributed by atoms with Crippen molar-refractivity contribution in [1.82, 2.24) is 0 Å². The summed E-state index contributed by atoms with van der Waals surface area (Å²) in [6.45, 7) is -0.223. The second kappa shape index (κ2) is 10.2. The number of nitrogens with one attached hydrogen (secondary N) is 1. The summed E-state index contributed by atoms with van der Waals surface area (Å²) in [5, 5.41) is 3.20. The molecule has 0 radical (unpaired) electrons. The van der Waals surface area contributed by atoms with Crippen LogP contribution in [-0.4, -0.2) is 22.7 Å². The number of halogens is 2. The Hall–Kier alpha value is -3.20. The van der Waals surface area contributed by atoms with Crippen molar-refractivity contribution in [3.05, 3.63) is 94.1 Å². The van der Waals surface area contributed by atoms with Gasteiger partial charge in [-0.1, -0.05) is 47.7 Å². The Kier molecular flexibility index (Phi) is 7.08. The van der Waals surface area contributed by atoms with Gasteiger partial charge in [0.2, 0.25) is 0 Å². The minimum atomic E-state index is -0.383. The van der Waals surface area contributed by atoms with Crippen molar-refractivity contribution < 1.29 is 18.7 Å². The Bertz CT molecular complexity index is 1250. The van der Waals surface area contributed by atoms with E-state index in [1.165, 1.54) is 40.9 Å². The molecule has 3 aromatic rings. The molecule has 0 aliphatic carbocycles. The normalized spacial score (nSPS) is 14.6. The summed E-state index contributed by atoms with van der Waals surface area (Å²) in [6, 6.07) is 19.3. The molecule has 1 heterocycles. The molecule has 0 aromatic heterocycles. The molecule has 1 N–H and O–H groups in total. The Morgan fingerprint density at radius 1 is 1.12 bits per heavy atom. The Balaban J connectivity index is 1.41. The molecule has 0 bridgehead atoms. The average molecular weight is 499 g/mol. The summed E-state index contributed by atoms with van der Waals surface area (Å²) in [4.78, 5) is 26.9. The van der Waals surface area contributed by atoms with E-state index in [0.29, 0.717) is 31.4 Å². The van der Waals surface area contributed by atoms with E-state index in [1.54, 1.807) is 48.5 Å². The van der Waals surface area contributed by atoms with Crippen LogP contribution in [0.3, 0.4) is 0 Å². The lowest BCUT2D eigenvalue weighted by Gasteiger charge is -2.14. The number of carbonyl (C=O) groups is 2. The first-order valence-corrected chi connectivity index (χ1v) is 11.3. The van der Waals surface area contributed by atoms with E-state index in [0.717, 1.165) is 5.56 Å². The van der Waals surface area contributed by atoms with Gasteiger partial charge in [0.25, 0.3) is 11.8 Å². The molecule has 0 saturated carbocycles. The highest BCUT2D eigenvalue weighted by Crippen LogP contribution is 2.36. The number of hydrogen-bond acceptors (Lipinski definition) is 5. The summed E-state index contributed by atoms with van der Waals surface area (Å²) in [7, 11) is 0. The SMILES string of the molecule is O=C(COc1cccc(/C=C2\SC(=S)N(c3ccc(Cl)cc3)C2=O)c1)Nc1ccc(F)cc1. The minimum absolute atomic E-state index is 0.223. The van der Waals surface area contributed by atoms with E-state index >= 15 is 0 Å². The summed E-state index contributed by atoms with van der Waals surface area (Å²) in [6.07, 6.45) is 1.72. The van der Waals surface area contributed by atoms with Crippen molar-refractivity contribution in [1.29, 1.82) is 0 Å². The van der Waals surface area contributed by atoms with Gasteiger partial charge in [-0.25, -0.2) is 4.39 Å². The van der Waals surface area contributed by atoms with Gasteiger partial charge in [-0.2, -0.15) is 0 Å². The second-order valence-corrected chi connectivity index (χ2v) is 9.02. The number of nitrogens with zero attached hydrogens (tertiary/aromatic N) is 1. The predicted molar refractivity (Wildman–Crippen MR) is 134 cm³/mol. The van der Waals surface area contributed by atoms with Crippen LogP contribution < -0.4 is 15.0 Å². The van der Waals surface area contributed by atoms with E-state index in [-0.39, 0.29) is 24.2 Å². The number of thioether (sulfide) groups is 1. The van der Waals surface area contributed by atoms with Gasteiger partial charge in [0, 0.05) is 10.7 Å². The van der Waals surface area contributed by atoms with Crippen molar-refractivity contribution in [3.8, 4) is 5.75 Å². The number of amides is 2. The molecule has 1 aliphatic heterocycles. The van der Waals surface area contributed by atoms with Crippen LogP contribution in [0, 0.1) is 5.82 Å². The zero-order valence-electron chi connectivity index (χ0n) is 17.0. The van der Waals surface area contributed by atoms with Crippen molar-refractivity contribution in [2.75, 3.05) is 16.8 Å². The molecule has 4 rings (SSSR count). The lowest BCUT2D eigenvalue weighted by Crippen LogP contribution is -2.27. The van der Waals surface area contributed by atoms with Crippen LogP contribution >= 0.6 is 35.6 Å². The molecule has 9 heteroatoms. The highest BCUT2D eigenvalue weighted by Gasteiger charge is 2.33. The topological polar surface area (TPSA) is 58.6 Å². The third-order valence-corrected chi connectivity index (χ3v) is 6.09. The lowest BCUT2D eigenvalue weighted by atomic mass is 10.2. The third kappa shape index (κ3) is 5.78. The molecule has 33 heavy (non-hydrogen) atoms. The quantitative estimate of drug-likeness (QED) is 0.338. The number of carbonyl (C=O) groups excluding carboxylic acids is 2. The maximum absolute atomic E-state index is 13.0. The third-order valence-electron chi connectivity index (χ3n) is 4.53. The van der Waals surface area contributed by atoms with Gasteiger partial charge in [-0.15, -0.1) is 0 Å². The van der Waals surface area contributed by atoms with Crippen molar-refractivity contribution >= 4 is 69.2 Å². The molecule has 5 nitrogen and oxygen atoms in total. The minimum Gasteiger partial charge on any atom is -0.484 e. The standard InChI is InChI=1S/C24H16ClFN2O3S2/c25-16-4-10-19(11-5-16)28-23(30)21(33-24(28)32)13-15-2-1-3-20(12-15)31-14-22(29)27-18-8-6-17(26)7-9-18/h1-13H,14H2,(H,27,29)/b21-13-. The second-order valence-electron chi connectivity index (χ2n) is 6.91. The van der Waals surface area contributed by atoms with E-state index in [9.17, 15) is 14.0 Å². The molecule has 0 spiro atoms. The van der Waals surface area contributed by atoms with Crippen LogP contribution in [0.1, 0.15) is 5.56 Å². The Labute approximate surface area is 204 Å². The van der Waals surface area contributed by atoms with Crippen molar-refractivity contribution in [3.63, 3.8) is 0 Å². The van der Waals surface area contributed by atoms with E-state index in [1.807, 2.05) is 6.07 Å². The van der Waals surface area contributed by atoms with E-state index < -0.39 is 0 Å². The van der Waals surface area contributed by atoms with Crippen LogP contribution in [0.15, 0.2) is 77.7 Å². The van der Waals surface area contributed by atoms with Crippen LogP contribution in [0.4, 0.5) is 15.8 Å². The summed E-state index contributed by atoms with van der Waals surface area (Å²) in [5.74, 6) is -0.523. The fraction of sp³-hybridized carbons (Fsp3) is 0.0417. The number of hydrogen-bond donors (Lipinski definition) is 1. The molecular formula is C24H16ClFN2O3S2. The van der Waals surface area contributed by atoms with Crippen LogP contribution in [0.5, 0.6) is 5.75 Å². The first-order chi connectivity index (χ1) is 15.9. The molecule has 0 unspecified atom stereocenters. The van der Waals surface area contributed by atoms with Crippen molar-refractivity contribution in [2.45, 2.75) is 0 Å². The average Bonchev–Trinajstić information content (AvgIpc) is 3.07. The van der Waals surface area contributed by atoms with Crippen LogP contribution in [0.25, 0.3) is 6.08 Å². The fourth-order valence-electron chi connectivity index (χ4n) is 3.01. The predicted octanol–water partition coefficient (Wildman–Crippen LogP) is 5.90. The van der Waals surface area contributed by atoms with Gasteiger partial charge in [0.15, 0.2) is 10.9 Å². The smallest absolute Gasteiger partial charge is 0.270 e. The number of anilines is 2. The van der Waals surface area contributed by atoms with Gasteiger partial charge in [0.05, 0.1) is 10.6 Å². The lowest BCUT2D eigenvalue weighted by molar-refractivity contribution is -0.118. The monoisotopic (exact) mass is 498 g/mol. The number of ether oxygens (including phenoxy) is 1. The summed E-state index contributed by atoms with van der Waals surface area (Å²) >= 11 is 12.5. The molecule has 3 aromatic carbocycles. The van der Waals surface area contributed by atoms with Gasteiger partial charge in [0.1, 0.15) is 11.6 Å². The number of thiocarbonyl (C=S) groups is 1. The van der Waals surface area contributed by atoms with E-state index in [2.05, 4.69) is 5.32 Å². The molecule has 1 aliphatic rings. The number of benzene rings is 3. The van der Waals surface area contributed by atoms with E-state index in [4.69, 9.17) is 28.6 Å². The number of rotatable bonds is 6. The largest absolute Gasteiger partial charge is 0.484 e. The van der Waals surface area contributed by atoms with Gasteiger partial charge >= 0.3 is 0 Å². The maximum Gasteiger partial charge on any atom is 0.270 e. The molecule has 166 valence electrons. The summed E-state index contributed by atoms with van der Waals surface area (Å²) < 4.78 is 19.0. The molecule has 0 atom stereocenters. The van der Waals surface area contributed by atoms with Crippen molar-refractivity contribution in [2.24, 2.45) is 0 Å². The zero-order chi connectivity index (χ0) is 23.4. The van der Waals surface area contributed by atoms with Crippen LogP contribution in [0.2, 0.25) is 5.02 Å².